The molecule has 0 spiro atoms. The first-order valence-electron chi connectivity index (χ1n) is 13.6. The number of nitrogens with one attached hydrogen (secondary N) is 3. The van der Waals surface area contributed by atoms with Gasteiger partial charge in [0.25, 0.3) is 0 Å². The number of aromatic amines is 1. The van der Waals surface area contributed by atoms with E-state index in [1.165, 1.54) is 18.2 Å². The number of carbonyl (C=O) groups excluding carboxylic acids is 1. The second-order valence-electron chi connectivity index (χ2n) is 9.97. The number of hydrogen-bond acceptors (Lipinski definition) is 9. The molecule has 4 aromatic rings. The maximum absolute atomic E-state index is 11.3. The van der Waals surface area contributed by atoms with Gasteiger partial charge < -0.3 is 25.6 Å². The Bertz CT molecular complexity index is 1340. The molecule has 6 N–H and O–H groups in total. The van der Waals surface area contributed by atoms with E-state index < -0.39 is 0 Å². The van der Waals surface area contributed by atoms with Crippen LogP contribution in [0.1, 0.15) is 43.4 Å². The van der Waals surface area contributed by atoms with Crippen molar-refractivity contribution >= 4 is 22.8 Å². The van der Waals surface area contributed by atoms with Crippen LogP contribution in [0.3, 0.4) is 0 Å². The molecule has 1 aliphatic rings. The Morgan fingerprint density at radius 2 is 1.85 bits per heavy atom. The summed E-state index contributed by atoms with van der Waals surface area (Å²) in [6.07, 6.45) is 4.21. The molecule has 1 atom stereocenters. The summed E-state index contributed by atoms with van der Waals surface area (Å²) in [5.41, 5.74) is 5.50. The lowest BCUT2D eigenvalue weighted by Crippen LogP contribution is -2.42. The highest BCUT2D eigenvalue weighted by molar-refractivity contribution is 5.91. The van der Waals surface area contributed by atoms with Crippen LogP contribution < -0.4 is 16.5 Å². The Morgan fingerprint density at radius 3 is 2.55 bits per heavy atom. The van der Waals surface area contributed by atoms with Crippen molar-refractivity contribution in [2.75, 3.05) is 32.1 Å². The lowest BCUT2D eigenvalue weighted by atomic mass is 10.0. The van der Waals surface area contributed by atoms with E-state index in [0.717, 1.165) is 60.6 Å². The zero-order valence-corrected chi connectivity index (χ0v) is 23.1. The van der Waals surface area contributed by atoms with E-state index in [4.69, 9.17) is 9.94 Å². The quantitative estimate of drug-likeness (QED) is 0.146. The van der Waals surface area contributed by atoms with E-state index in [1.807, 2.05) is 6.07 Å². The molecule has 1 fully saturated rings. The molecule has 0 saturated carbocycles. The second-order valence-corrected chi connectivity index (χ2v) is 9.97. The Hall–Kier alpha value is -3.83. The van der Waals surface area contributed by atoms with Gasteiger partial charge in [-0.15, -0.1) is 0 Å². The fourth-order valence-electron chi connectivity index (χ4n) is 5.06. The monoisotopic (exact) mass is 545 g/mol. The molecule has 10 nitrogen and oxygen atoms in total. The molecule has 0 aliphatic carbocycles. The standard InChI is InChI=1S/C30H36N6O2.H3NO/c1-21(23-6-4-3-5-7-23)34-29-26-18-27(35-30(26)33-20-32-29)24-10-8-22(9-11-24)19-36-16-13-25(14-17-36)31-15-12-28(37)38-2;1-2/h3-11,18,20-21,25,31H,12-17,19H2,1-2H3,(H2,32,33,34,35);2H,1H2/t21-;/m1./s1. The van der Waals surface area contributed by atoms with Gasteiger partial charge in [-0.3, -0.25) is 9.69 Å². The van der Waals surface area contributed by atoms with Gasteiger partial charge in [0, 0.05) is 30.9 Å². The molecular formula is C30H39N7O3. The summed E-state index contributed by atoms with van der Waals surface area (Å²) in [4.78, 5) is 26.2. The van der Waals surface area contributed by atoms with Gasteiger partial charge >= 0.3 is 5.97 Å². The Balaban J connectivity index is 0.00000181. The Morgan fingerprint density at radius 1 is 1.12 bits per heavy atom. The van der Waals surface area contributed by atoms with Crippen molar-refractivity contribution in [3.8, 4) is 11.3 Å². The van der Waals surface area contributed by atoms with Crippen LogP contribution in [0, 0.1) is 0 Å². The third-order valence-corrected chi connectivity index (χ3v) is 7.33. The number of anilines is 1. The van der Waals surface area contributed by atoms with Crippen molar-refractivity contribution in [3.05, 3.63) is 78.1 Å². The van der Waals surface area contributed by atoms with Crippen molar-refractivity contribution in [1.82, 2.24) is 25.2 Å². The Kier molecular flexibility index (Phi) is 10.6. The second kappa shape index (κ2) is 14.5. The van der Waals surface area contributed by atoms with Crippen LogP contribution in [0.15, 0.2) is 67.0 Å². The largest absolute Gasteiger partial charge is 0.469 e. The van der Waals surface area contributed by atoms with Crippen molar-refractivity contribution in [3.63, 3.8) is 0 Å². The first kappa shape index (κ1) is 29.2. The molecule has 10 heteroatoms. The molecule has 0 unspecified atom stereocenters. The van der Waals surface area contributed by atoms with E-state index in [0.29, 0.717) is 19.0 Å². The molecule has 5 rings (SSSR count). The fourth-order valence-corrected chi connectivity index (χ4v) is 5.06. The Labute approximate surface area is 234 Å². The van der Waals surface area contributed by atoms with Crippen LogP contribution in [0.5, 0.6) is 0 Å². The molecule has 212 valence electrons. The third-order valence-electron chi connectivity index (χ3n) is 7.33. The minimum absolute atomic E-state index is 0.132. The van der Waals surface area contributed by atoms with Gasteiger partial charge in [0.2, 0.25) is 0 Å². The molecule has 1 aliphatic heterocycles. The fraction of sp³-hybridized carbons (Fsp3) is 0.367. The number of nitrogens with two attached hydrogens (primary N) is 1. The zero-order valence-electron chi connectivity index (χ0n) is 23.1. The van der Waals surface area contributed by atoms with Gasteiger partial charge in [-0.05, 0) is 55.6 Å². The number of rotatable bonds is 10. The number of H-pyrrole nitrogens is 1. The van der Waals surface area contributed by atoms with Crippen LogP contribution >= 0.6 is 0 Å². The van der Waals surface area contributed by atoms with Crippen molar-refractivity contribution in [2.45, 2.75) is 44.8 Å². The van der Waals surface area contributed by atoms with E-state index in [-0.39, 0.29) is 12.0 Å². The number of esters is 1. The number of ether oxygens (including phenoxy) is 1. The molecule has 2 aromatic heterocycles. The number of hydrogen-bond donors (Lipinski definition) is 5. The first-order valence-corrected chi connectivity index (χ1v) is 13.6. The summed E-state index contributed by atoms with van der Waals surface area (Å²) in [6.45, 7) is 5.87. The number of aromatic nitrogens is 3. The predicted molar refractivity (Wildman–Crippen MR) is 157 cm³/mol. The van der Waals surface area contributed by atoms with Gasteiger partial charge in [0.1, 0.15) is 17.8 Å². The summed E-state index contributed by atoms with van der Waals surface area (Å²) in [5.74, 6) is 4.17. The lowest BCUT2D eigenvalue weighted by molar-refractivity contribution is -0.140. The highest BCUT2D eigenvalue weighted by atomic mass is 16.5. The van der Waals surface area contributed by atoms with Gasteiger partial charge in [-0.2, -0.15) is 0 Å². The highest BCUT2D eigenvalue weighted by Crippen LogP contribution is 2.29. The summed E-state index contributed by atoms with van der Waals surface area (Å²) in [6, 6.07) is 21.9. The molecule has 2 aromatic carbocycles. The van der Waals surface area contributed by atoms with Crippen LogP contribution in [-0.4, -0.2) is 63.8 Å². The lowest BCUT2D eigenvalue weighted by Gasteiger charge is -2.32. The smallest absolute Gasteiger partial charge is 0.306 e. The number of benzene rings is 2. The van der Waals surface area contributed by atoms with Gasteiger partial charge in [-0.1, -0.05) is 54.6 Å². The van der Waals surface area contributed by atoms with Crippen LogP contribution in [-0.2, 0) is 16.1 Å². The van der Waals surface area contributed by atoms with E-state index in [9.17, 15) is 4.79 Å². The number of likely N-dealkylation sites (tertiary alicyclic amines) is 1. The SMILES string of the molecule is COC(=O)CCNC1CCN(Cc2ccc(-c3cc4c(N[C@H](C)c5ccccc5)ncnc4[nH]3)cc2)CC1.NO. The molecule has 1 saturated heterocycles. The summed E-state index contributed by atoms with van der Waals surface area (Å²) >= 11 is 0. The van der Waals surface area contributed by atoms with Crippen molar-refractivity contribution in [2.24, 2.45) is 5.90 Å². The number of fused-ring (bicyclic) bond motifs is 1. The van der Waals surface area contributed by atoms with Gasteiger partial charge in [-0.25, -0.2) is 15.9 Å². The normalized spacial score (nSPS) is 14.8. The number of nitrogens with zero attached hydrogens (tertiary/aromatic N) is 3. The van der Waals surface area contributed by atoms with E-state index >= 15 is 0 Å². The molecule has 0 radical (unpaired) electrons. The molecule has 0 bridgehead atoms. The zero-order chi connectivity index (χ0) is 28.3. The molecule has 3 heterocycles. The summed E-state index contributed by atoms with van der Waals surface area (Å²) in [5, 5.41) is 14.5. The van der Waals surface area contributed by atoms with Crippen LogP contribution in [0.25, 0.3) is 22.3 Å². The average molecular weight is 546 g/mol. The summed E-state index contributed by atoms with van der Waals surface area (Å²) < 4.78 is 4.71. The first-order chi connectivity index (χ1) is 19.6. The molecule has 0 amide bonds. The van der Waals surface area contributed by atoms with Crippen molar-refractivity contribution in [1.29, 1.82) is 0 Å². The van der Waals surface area contributed by atoms with Gasteiger partial charge in [0.15, 0.2) is 0 Å². The summed E-state index contributed by atoms with van der Waals surface area (Å²) in [7, 11) is 1.43. The predicted octanol–water partition coefficient (Wildman–Crippen LogP) is 4.25. The maximum atomic E-state index is 11.3. The van der Waals surface area contributed by atoms with Gasteiger partial charge in [0.05, 0.1) is 18.9 Å². The average Bonchev–Trinajstić information content (AvgIpc) is 3.45. The van der Waals surface area contributed by atoms with Crippen LogP contribution in [0.4, 0.5) is 5.82 Å². The third kappa shape index (κ3) is 7.64. The minimum atomic E-state index is -0.159. The number of carbonyl (C=O) groups is 1. The van der Waals surface area contributed by atoms with Crippen LogP contribution in [0.2, 0.25) is 0 Å². The number of piperidine rings is 1. The highest BCUT2D eigenvalue weighted by Gasteiger charge is 2.19. The maximum Gasteiger partial charge on any atom is 0.306 e. The van der Waals surface area contributed by atoms with E-state index in [1.54, 1.807) is 6.33 Å². The molecule has 40 heavy (non-hydrogen) atoms. The minimum Gasteiger partial charge on any atom is -0.469 e. The van der Waals surface area contributed by atoms with E-state index in [2.05, 4.69) is 97.9 Å². The topological polar surface area (TPSA) is 141 Å². The number of methoxy groups -OCH3 is 1. The molecular weight excluding hydrogens is 506 g/mol. The van der Waals surface area contributed by atoms with Crippen molar-refractivity contribution < 1.29 is 14.7 Å².